The van der Waals surface area contributed by atoms with Crippen LogP contribution in [0.1, 0.15) is 123 Å². The van der Waals surface area contributed by atoms with Gasteiger partial charge in [-0.25, -0.2) is 18.4 Å². The molecule has 1 amide bonds. The Morgan fingerprint density at radius 1 is 0.585 bits per heavy atom. The molecule has 0 unspecified atom stereocenters. The van der Waals surface area contributed by atoms with Crippen molar-refractivity contribution in [1.82, 2.24) is 14.5 Å². The highest BCUT2D eigenvalue weighted by Gasteiger charge is 2.38. The number of hydrogen-bond donors (Lipinski definition) is 4. The van der Waals surface area contributed by atoms with E-state index in [1.807, 2.05) is 4.57 Å². The van der Waals surface area contributed by atoms with Gasteiger partial charge in [-0.05, 0) is 162 Å². The smallest absolute Gasteiger partial charge is 0.486 e. The van der Waals surface area contributed by atoms with Gasteiger partial charge in [0.1, 0.15) is 47.5 Å². The topological polar surface area (TPSA) is 226 Å². The first-order chi connectivity index (χ1) is 38.8. The number of carboxylic acid groups (broad SMARTS) is 2. The standard InChI is InChI=1S/C28H27Cl2FN2O4.C15H20ClNO2.C13H9ClFNO3.C2HF3O2/c29-17-3-9-21(10-4-17)37-15-20(34)11-16-1-5-18(6-2-16)32-28(36)23-14-33(19-7-8-19)26-13-24(30)25(31)12-22(26)27(23)35;16-12-3-7-15(8-4-12)19-10-14(18)9-11-1-5-13(17)6-2-11;14-9-4-11-7(3-10(9)15)12(17)8(13(18)19)5-16(11)6-1-2-6;3-2(4,5)1(6)7/h3-4,9-10,12-14,16,18-19H,1-2,5-8,11,15H2,(H,32,36);3-4,7-8,11,13H,1-2,5-6,9-10,17H2;3-6H,1-2H2,(H,18,19);(H,6,7). The second kappa shape index (κ2) is 28.1. The number of halogens is 9. The van der Waals surface area contributed by atoms with Gasteiger partial charge in [-0.2, -0.15) is 13.2 Å². The summed E-state index contributed by atoms with van der Waals surface area (Å²) in [6.45, 7) is 0.156. The molecule has 10 rings (SSSR count). The molecule has 0 bridgehead atoms. The summed E-state index contributed by atoms with van der Waals surface area (Å²) in [5, 5.41) is 20.5. The van der Waals surface area contributed by atoms with Crippen LogP contribution in [0, 0.1) is 23.5 Å². The van der Waals surface area contributed by atoms with Crippen LogP contribution < -0.4 is 31.4 Å². The quantitative estimate of drug-likeness (QED) is 0.0704. The van der Waals surface area contributed by atoms with Crippen molar-refractivity contribution in [1.29, 1.82) is 0 Å². The van der Waals surface area contributed by atoms with Crippen molar-refractivity contribution in [3.8, 4) is 11.5 Å². The normalized spacial score (nSPS) is 18.6. The monoisotopic (exact) mass is 1220 g/mol. The van der Waals surface area contributed by atoms with E-state index < -0.39 is 46.5 Å². The number of rotatable bonds is 15. The van der Waals surface area contributed by atoms with Gasteiger partial charge in [0.05, 0.1) is 21.1 Å². The molecule has 82 heavy (non-hydrogen) atoms. The minimum Gasteiger partial charge on any atom is -0.486 e. The maximum absolute atomic E-state index is 14.1. The molecule has 0 spiro atoms. The van der Waals surface area contributed by atoms with E-state index in [1.165, 1.54) is 18.3 Å². The van der Waals surface area contributed by atoms with Gasteiger partial charge in [-0.15, -0.1) is 0 Å². The van der Waals surface area contributed by atoms with E-state index in [0.29, 0.717) is 57.4 Å². The van der Waals surface area contributed by atoms with E-state index in [-0.39, 0.29) is 80.8 Å². The van der Waals surface area contributed by atoms with Crippen LogP contribution >= 0.6 is 46.4 Å². The summed E-state index contributed by atoms with van der Waals surface area (Å²) in [5.41, 5.74) is 5.35. The lowest BCUT2D eigenvalue weighted by molar-refractivity contribution is -0.192. The van der Waals surface area contributed by atoms with Crippen molar-refractivity contribution >= 4 is 97.6 Å². The summed E-state index contributed by atoms with van der Waals surface area (Å²) < 4.78 is 73.9. The zero-order valence-electron chi connectivity index (χ0n) is 43.8. The lowest BCUT2D eigenvalue weighted by Gasteiger charge is -2.29. The van der Waals surface area contributed by atoms with Crippen molar-refractivity contribution in [3.63, 3.8) is 0 Å². The molecule has 0 atom stereocenters. The Kier molecular flexibility index (Phi) is 21.6. The maximum Gasteiger partial charge on any atom is 0.490 e. The van der Waals surface area contributed by atoms with E-state index in [2.05, 4.69) is 5.32 Å². The number of amides is 1. The number of carbonyl (C=O) groups excluding carboxylic acids is 3. The van der Waals surface area contributed by atoms with Gasteiger partial charge in [-0.1, -0.05) is 46.4 Å². The molecule has 24 heteroatoms. The fourth-order valence-corrected chi connectivity index (χ4v) is 10.2. The second-order valence-corrected chi connectivity index (χ2v) is 22.3. The molecule has 4 saturated carbocycles. The Labute approximate surface area is 486 Å². The summed E-state index contributed by atoms with van der Waals surface area (Å²) in [6, 6.07) is 19.5. The summed E-state index contributed by atoms with van der Waals surface area (Å²) >= 11 is 23.3. The Morgan fingerprint density at radius 3 is 1.34 bits per heavy atom. The highest BCUT2D eigenvalue weighted by Crippen LogP contribution is 2.39. The highest BCUT2D eigenvalue weighted by atomic mass is 35.5. The number of benzene rings is 4. The second-order valence-electron chi connectivity index (χ2n) is 20.6. The molecule has 0 radical (unpaired) electrons. The highest BCUT2D eigenvalue weighted by molar-refractivity contribution is 6.32. The van der Waals surface area contributed by atoms with Crippen LogP contribution in [0.25, 0.3) is 21.8 Å². The van der Waals surface area contributed by atoms with E-state index in [9.17, 15) is 50.7 Å². The number of nitrogens with one attached hydrogen (secondary N) is 1. The maximum atomic E-state index is 14.1. The van der Waals surface area contributed by atoms with Crippen molar-refractivity contribution < 1.29 is 65.6 Å². The first kappa shape index (κ1) is 63.0. The Balaban J connectivity index is 0.000000181. The third-order valence-corrected chi connectivity index (χ3v) is 15.4. The van der Waals surface area contributed by atoms with Gasteiger partial charge >= 0.3 is 18.1 Å². The lowest BCUT2D eigenvalue weighted by atomic mass is 9.83. The average molecular weight is 1220 g/mol. The number of hydrogen-bond acceptors (Lipinski definition) is 10. The van der Waals surface area contributed by atoms with Crippen LogP contribution in [-0.4, -0.2) is 80.2 Å². The zero-order valence-corrected chi connectivity index (χ0v) is 46.8. The van der Waals surface area contributed by atoms with E-state index in [0.717, 1.165) is 89.2 Å². The minimum absolute atomic E-state index is 0.0118. The number of nitrogens with zero attached hydrogens (tertiary/aromatic N) is 2. The zero-order chi connectivity index (χ0) is 59.6. The Hall–Kier alpha value is -6.58. The largest absolute Gasteiger partial charge is 0.490 e. The summed E-state index contributed by atoms with van der Waals surface area (Å²) in [7, 11) is 0. The fourth-order valence-electron chi connectivity index (χ4n) is 9.63. The predicted octanol–water partition coefficient (Wildman–Crippen LogP) is 12.8. The number of aromatic carboxylic acids is 1. The van der Waals surface area contributed by atoms with Crippen molar-refractivity contribution in [2.75, 3.05) is 13.2 Å². The first-order valence-electron chi connectivity index (χ1n) is 26.3. The van der Waals surface area contributed by atoms with E-state index >= 15 is 0 Å². The summed E-state index contributed by atoms with van der Waals surface area (Å²) in [5.74, 6) is -3.73. The van der Waals surface area contributed by atoms with Gasteiger partial charge in [0, 0.05) is 70.2 Å². The van der Waals surface area contributed by atoms with Gasteiger partial charge in [0.25, 0.3) is 5.91 Å². The van der Waals surface area contributed by atoms with Gasteiger partial charge in [-0.3, -0.25) is 24.0 Å². The fraction of sp³-hybridized carbons (Fsp3) is 0.397. The number of carbonyl (C=O) groups is 5. The van der Waals surface area contributed by atoms with Gasteiger partial charge in [0.15, 0.2) is 11.6 Å². The SMILES string of the molecule is NC1CCC(CC(=O)COc2ccc(Cl)cc2)CC1.O=C(COc1ccc(Cl)cc1)CC1CCC(NC(=O)c2cn(C3CC3)c3cc(Cl)c(F)cc3c2=O)CC1.O=C(O)C(F)(F)F.O=C(O)c1cn(C2CC2)c2cc(Cl)c(F)cc2c1=O. The summed E-state index contributed by atoms with van der Waals surface area (Å²) in [6.07, 6.45) is 9.77. The molecule has 438 valence electrons. The van der Waals surface area contributed by atoms with Crippen LogP contribution in [0.2, 0.25) is 20.1 Å². The molecule has 6 aromatic rings. The first-order valence-corrected chi connectivity index (χ1v) is 27.8. The van der Waals surface area contributed by atoms with Crippen LogP contribution in [0.4, 0.5) is 22.0 Å². The Bertz CT molecular complexity index is 3430. The number of aromatic nitrogens is 2. The number of fused-ring (bicyclic) bond motifs is 2. The van der Waals surface area contributed by atoms with Crippen LogP contribution in [-0.2, 0) is 14.4 Å². The molecule has 15 nitrogen and oxygen atoms in total. The van der Waals surface area contributed by atoms with Crippen LogP contribution in [0.15, 0.2) is 94.8 Å². The molecule has 4 fully saturated rings. The number of aliphatic carboxylic acids is 1. The van der Waals surface area contributed by atoms with Crippen LogP contribution in [0.5, 0.6) is 11.5 Å². The molecule has 0 aliphatic heterocycles. The average Bonchev–Trinajstić information content (AvgIpc) is 4.41. The third-order valence-electron chi connectivity index (χ3n) is 14.3. The minimum atomic E-state index is -5.08. The number of ketones is 2. The number of pyridine rings is 2. The molecule has 4 aliphatic carbocycles. The number of nitrogens with two attached hydrogens (primary N) is 1. The molecular weight excluding hydrogens is 1170 g/mol. The summed E-state index contributed by atoms with van der Waals surface area (Å²) in [4.78, 5) is 82.4. The Morgan fingerprint density at radius 2 is 0.963 bits per heavy atom. The number of alkyl halides is 3. The van der Waals surface area contributed by atoms with Crippen molar-refractivity contribution in [2.24, 2.45) is 17.6 Å². The molecule has 4 aromatic carbocycles. The van der Waals surface area contributed by atoms with Crippen LogP contribution in [0.3, 0.4) is 0 Å². The molecule has 2 aromatic heterocycles. The number of carboxylic acids is 2. The van der Waals surface area contributed by atoms with Crippen molar-refractivity contribution in [3.05, 3.63) is 148 Å². The molecule has 4 aliphatic rings. The molecule has 0 saturated heterocycles. The van der Waals surface area contributed by atoms with E-state index in [4.69, 9.17) is 76.6 Å². The number of ether oxygens (including phenoxy) is 2. The van der Waals surface area contributed by atoms with Gasteiger partial charge < -0.3 is 39.9 Å². The van der Waals surface area contributed by atoms with Gasteiger partial charge in [0.2, 0.25) is 10.9 Å². The lowest BCUT2D eigenvalue weighted by Crippen LogP contribution is -2.40. The predicted molar refractivity (Wildman–Crippen MR) is 300 cm³/mol. The molecule has 5 N–H and O–H groups in total. The molecule has 2 heterocycles. The number of Topliss-reactive ketones (excluding diaryl/α,β-unsaturated/α-hetero) is 2. The third kappa shape index (κ3) is 17.7. The molecular formula is C58H57Cl4F5N4O11. The van der Waals surface area contributed by atoms with Crippen molar-refractivity contribution in [2.45, 2.75) is 120 Å². The van der Waals surface area contributed by atoms with E-state index in [1.54, 1.807) is 59.3 Å².